The highest BCUT2D eigenvalue weighted by Crippen LogP contribution is 2.38. The number of nitrogens with two attached hydrogens (primary N) is 1. The first-order valence-corrected chi connectivity index (χ1v) is 11.9. The fourth-order valence-electron chi connectivity index (χ4n) is 3.42. The number of para-hydroxylation sites is 2. The Hall–Kier alpha value is -3.64. The number of anilines is 3. The second-order valence-corrected chi connectivity index (χ2v) is 10.3. The topological polar surface area (TPSA) is 122 Å². The number of benzene rings is 2. The molecule has 0 fully saturated rings. The zero-order valence-electron chi connectivity index (χ0n) is 17.5. The van der Waals surface area contributed by atoms with Gasteiger partial charge in [-0.15, -0.1) is 11.3 Å². The molecule has 1 aliphatic heterocycles. The van der Waals surface area contributed by atoms with Gasteiger partial charge in [0.25, 0.3) is 15.9 Å². The average molecular weight is 491 g/mol. The van der Waals surface area contributed by atoms with E-state index in [1.807, 2.05) is 0 Å². The number of ether oxygens (including phenoxy) is 1. The van der Waals surface area contributed by atoms with Crippen molar-refractivity contribution in [1.82, 2.24) is 0 Å². The SMILES string of the molecule is CNc1cc2c(cc1F)C(=O)N(c1ccccc1N(C(N)=O)S(=O)(=O)c1ccc(C)s1)CO2. The summed E-state index contributed by atoms with van der Waals surface area (Å²) in [6.45, 7) is 1.44. The molecule has 12 heteroatoms. The number of thiophene rings is 1. The molecule has 3 aromatic rings. The van der Waals surface area contributed by atoms with Gasteiger partial charge in [-0.1, -0.05) is 12.1 Å². The van der Waals surface area contributed by atoms with Crippen LogP contribution < -0.4 is 25.0 Å². The maximum Gasteiger partial charge on any atom is 0.333 e. The molecule has 33 heavy (non-hydrogen) atoms. The predicted molar refractivity (Wildman–Crippen MR) is 123 cm³/mol. The van der Waals surface area contributed by atoms with E-state index in [9.17, 15) is 22.4 Å². The molecule has 3 N–H and O–H groups in total. The van der Waals surface area contributed by atoms with Gasteiger partial charge >= 0.3 is 6.03 Å². The number of carbonyl (C=O) groups excluding carboxylic acids is 2. The van der Waals surface area contributed by atoms with Crippen molar-refractivity contribution < 1.29 is 27.1 Å². The third-order valence-corrected chi connectivity index (χ3v) is 8.14. The summed E-state index contributed by atoms with van der Waals surface area (Å²) in [5.41, 5.74) is 5.52. The molecular formula is C21H19FN4O5S2. The van der Waals surface area contributed by atoms with Crippen molar-refractivity contribution in [1.29, 1.82) is 0 Å². The van der Waals surface area contributed by atoms with Gasteiger partial charge in [-0.2, -0.15) is 12.7 Å². The molecule has 0 aliphatic carbocycles. The van der Waals surface area contributed by atoms with E-state index in [-0.39, 0.29) is 39.3 Å². The van der Waals surface area contributed by atoms with E-state index in [1.165, 1.54) is 37.4 Å². The van der Waals surface area contributed by atoms with Crippen molar-refractivity contribution in [2.75, 3.05) is 28.3 Å². The van der Waals surface area contributed by atoms with Gasteiger partial charge in [0.2, 0.25) is 0 Å². The van der Waals surface area contributed by atoms with Gasteiger partial charge < -0.3 is 15.8 Å². The number of nitrogens with one attached hydrogen (secondary N) is 1. The summed E-state index contributed by atoms with van der Waals surface area (Å²) in [4.78, 5) is 27.4. The number of hydrogen-bond donors (Lipinski definition) is 2. The summed E-state index contributed by atoms with van der Waals surface area (Å²) in [6, 6.07) is 10.0. The molecule has 1 aliphatic rings. The van der Waals surface area contributed by atoms with Crippen LogP contribution in [0.4, 0.5) is 26.2 Å². The minimum absolute atomic E-state index is 0.0464. The van der Waals surface area contributed by atoms with Crippen LogP contribution in [0.25, 0.3) is 0 Å². The van der Waals surface area contributed by atoms with Gasteiger partial charge in [0.05, 0.1) is 22.6 Å². The number of carbonyl (C=O) groups is 2. The third-order valence-electron chi connectivity index (χ3n) is 4.97. The molecule has 172 valence electrons. The van der Waals surface area contributed by atoms with E-state index >= 15 is 0 Å². The van der Waals surface area contributed by atoms with Crippen molar-refractivity contribution in [3.05, 3.63) is 64.8 Å². The normalized spacial score (nSPS) is 13.3. The van der Waals surface area contributed by atoms with Crippen LogP contribution in [-0.4, -0.2) is 34.1 Å². The van der Waals surface area contributed by atoms with Crippen LogP contribution in [0.1, 0.15) is 15.2 Å². The summed E-state index contributed by atoms with van der Waals surface area (Å²) < 4.78 is 46.8. The maximum absolute atomic E-state index is 14.3. The molecule has 0 atom stereocenters. The Kier molecular flexibility index (Phi) is 5.72. The minimum Gasteiger partial charge on any atom is -0.472 e. The third kappa shape index (κ3) is 3.87. The molecule has 2 heterocycles. The lowest BCUT2D eigenvalue weighted by atomic mass is 10.1. The fourth-order valence-corrected chi connectivity index (χ4v) is 6.12. The Labute approximate surface area is 193 Å². The summed E-state index contributed by atoms with van der Waals surface area (Å²) in [7, 11) is -2.82. The first kappa shape index (κ1) is 22.6. The quantitative estimate of drug-likeness (QED) is 0.564. The zero-order chi connectivity index (χ0) is 23.9. The molecule has 9 nitrogen and oxygen atoms in total. The van der Waals surface area contributed by atoms with Gasteiger partial charge in [-0.05, 0) is 37.3 Å². The number of urea groups is 1. The summed E-state index contributed by atoms with van der Waals surface area (Å²) in [6.07, 6.45) is 0. The average Bonchev–Trinajstić information content (AvgIpc) is 3.22. The molecule has 0 saturated carbocycles. The van der Waals surface area contributed by atoms with Crippen LogP contribution in [0.3, 0.4) is 0 Å². The Morgan fingerprint density at radius 2 is 1.97 bits per heavy atom. The van der Waals surface area contributed by atoms with Crippen LogP contribution in [-0.2, 0) is 10.0 Å². The van der Waals surface area contributed by atoms with Crippen LogP contribution in [0.2, 0.25) is 0 Å². The molecule has 0 spiro atoms. The number of amides is 3. The van der Waals surface area contributed by atoms with Crippen LogP contribution >= 0.6 is 11.3 Å². The van der Waals surface area contributed by atoms with Crippen LogP contribution in [0, 0.1) is 12.7 Å². The molecule has 0 saturated heterocycles. The van der Waals surface area contributed by atoms with Gasteiger partial charge in [-0.25, -0.2) is 9.18 Å². The molecule has 2 aromatic carbocycles. The second-order valence-electron chi connectivity index (χ2n) is 7.05. The van der Waals surface area contributed by atoms with Crippen LogP contribution in [0.15, 0.2) is 52.7 Å². The highest BCUT2D eigenvalue weighted by molar-refractivity contribution is 7.95. The van der Waals surface area contributed by atoms with Crippen molar-refractivity contribution in [3.8, 4) is 5.75 Å². The number of aryl methyl sites for hydroxylation is 1. The van der Waals surface area contributed by atoms with E-state index in [0.29, 0.717) is 4.31 Å². The number of nitrogens with zero attached hydrogens (tertiary/aromatic N) is 2. The van der Waals surface area contributed by atoms with E-state index < -0.39 is 27.8 Å². The molecule has 0 bridgehead atoms. The summed E-state index contributed by atoms with van der Waals surface area (Å²) in [5.74, 6) is -1.11. The largest absolute Gasteiger partial charge is 0.472 e. The van der Waals surface area contributed by atoms with Crippen molar-refractivity contribution >= 4 is 50.4 Å². The Morgan fingerprint density at radius 3 is 2.61 bits per heavy atom. The fraction of sp³-hybridized carbons (Fsp3) is 0.143. The Morgan fingerprint density at radius 1 is 1.24 bits per heavy atom. The van der Waals surface area contributed by atoms with Gasteiger partial charge in [0.1, 0.15) is 15.8 Å². The number of sulfonamides is 1. The maximum atomic E-state index is 14.3. The van der Waals surface area contributed by atoms with Gasteiger partial charge in [-0.3, -0.25) is 9.69 Å². The number of hydrogen-bond acceptors (Lipinski definition) is 7. The summed E-state index contributed by atoms with van der Waals surface area (Å²) >= 11 is 0.983. The monoisotopic (exact) mass is 490 g/mol. The first-order valence-electron chi connectivity index (χ1n) is 9.61. The minimum atomic E-state index is -4.36. The highest BCUT2D eigenvalue weighted by atomic mass is 32.2. The molecular weight excluding hydrogens is 471 g/mol. The van der Waals surface area contributed by atoms with Gasteiger partial charge in [0, 0.05) is 18.0 Å². The van der Waals surface area contributed by atoms with E-state index in [2.05, 4.69) is 5.32 Å². The summed E-state index contributed by atoms with van der Waals surface area (Å²) in [5, 5.41) is 2.67. The lowest BCUT2D eigenvalue weighted by molar-refractivity contribution is 0.0936. The van der Waals surface area contributed by atoms with Crippen molar-refractivity contribution in [3.63, 3.8) is 0 Å². The standard InChI is InChI=1S/C21H19FN4O5S2/c1-12-7-8-19(32-12)33(29,30)26(21(23)28)17-6-4-3-5-16(17)25-11-31-18-10-15(24-2)14(22)9-13(18)20(25)27/h3-10,24H,11H2,1-2H3,(H2,23,28). The van der Waals surface area contributed by atoms with E-state index in [4.69, 9.17) is 10.5 Å². The molecule has 3 amide bonds. The zero-order valence-corrected chi connectivity index (χ0v) is 19.2. The smallest absolute Gasteiger partial charge is 0.333 e. The van der Waals surface area contributed by atoms with Crippen molar-refractivity contribution in [2.45, 2.75) is 11.1 Å². The number of fused-ring (bicyclic) bond motifs is 1. The van der Waals surface area contributed by atoms with Crippen molar-refractivity contribution in [2.24, 2.45) is 5.73 Å². The molecule has 0 unspecified atom stereocenters. The van der Waals surface area contributed by atoms with E-state index in [1.54, 1.807) is 19.1 Å². The first-order chi connectivity index (χ1) is 15.6. The Bertz CT molecular complexity index is 1370. The highest BCUT2D eigenvalue weighted by Gasteiger charge is 2.36. The van der Waals surface area contributed by atoms with Crippen LogP contribution in [0.5, 0.6) is 5.75 Å². The lowest BCUT2D eigenvalue weighted by Gasteiger charge is -2.32. The van der Waals surface area contributed by atoms with Gasteiger partial charge in [0.15, 0.2) is 6.73 Å². The lowest BCUT2D eigenvalue weighted by Crippen LogP contribution is -2.44. The number of primary amides is 1. The number of halogens is 1. The molecule has 1 aromatic heterocycles. The molecule has 4 rings (SSSR count). The number of rotatable bonds is 5. The predicted octanol–water partition coefficient (Wildman–Crippen LogP) is 3.51. The molecule has 0 radical (unpaired) electrons. The Balaban J connectivity index is 1.81. The second kappa shape index (κ2) is 8.37. The van der Waals surface area contributed by atoms with E-state index in [0.717, 1.165) is 27.2 Å².